The topological polar surface area (TPSA) is 134 Å². The van der Waals surface area contributed by atoms with Crippen molar-refractivity contribution in [2.45, 2.75) is 62.5 Å². The van der Waals surface area contributed by atoms with Gasteiger partial charge in [0.2, 0.25) is 0 Å². The van der Waals surface area contributed by atoms with E-state index in [1.54, 1.807) is 33.8 Å². The maximum Gasteiger partial charge on any atom is 0.187 e. The normalized spacial score (nSPS) is 27.6. The summed E-state index contributed by atoms with van der Waals surface area (Å²) in [5, 5.41) is 8.45. The van der Waals surface area contributed by atoms with Crippen LogP contribution in [0.4, 0.5) is 4.39 Å². The number of hydrogen-bond donors (Lipinski definition) is 1. The van der Waals surface area contributed by atoms with Crippen LogP contribution in [-0.4, -0.2) is 42.3 Å². The second-order valence-corrected chi connectivity index (χ2v) is 12.4. The van der Waals surface area contributed by atoms with Crippen molar-refractivity contribution in [1.82, 2.24) is 9.97 Å². The zero-order chi connectivity index (χ0) is 24.9. The van der Waals surface area contributed by atoms with Gasteiger partial charge in [-0.2, -0.15) is 5.26 Å². The van der Waals surface area contributed by atoms with E-state index < -0.39 is 31.1 Å². The van der Waals surface area contributed by atoms with E-state index in [-0.39, 0.29) is 29.4 Å². The predicted molar refractivity (Wildman–Crippen MR) is 127 cm³/mol. The lowest BCUT2D eigenvalue weighted by atomic mass is 9.88. The lowest BCUT2D eigenvalue weighted by molar-refractivity contribution is 0.0986. The van der Waals surface area contributed by atoms with Crippen molar-refractivity contribution < 1.29 is 13.4 Å². The van der Waals surface area contributed by atoms with Crippen molar-refractivity contribution in [2.75, 3.05) is 6.54 Å². The Morgan fingerprint density at radius 2 is 2.09 bits per heavy atom. The second kappa shape index (κ2) is 8.24. The van der Waals surface area contributed by atoms with Crippen LogP contribution < -0.4 is 5.73 Å². The van der Waals surface area contributed by atoms with Gasteiger partial charge >= 0.3 is 0 Å². The van der Waals surface area contributed by atoms with Gasteiger partial charge in [-0.25, -0.2) is 13.0 Å². The summed E-state index contributed by atoms with van der Waals surface area (Å²) in [5.74, 6) is -0.751. The number of nitrogens with two attached hydrogens (primary N) is 1. The van der Waals surface area contributed by atoms with E-state index in [2.05, 4.69) is 19.3 Å². The minimum Gasteiger partial charge on any atom is -0.386 e. The van der Waals surface area contributed by atoms with E-state index in [9.17, 15) is 9.00 Å². The molecule has 0 unspecified atom stereocenters. The van der Waals surface area contributed by atoms with Crippen LogP contribution in [0.1, 0.15) is 66.6 Å². The van der Waals surface area contributed by atoms with Gasteiger partial charge in [-0.15, -0.1) is 0 Å². The highest BCUT2D eigenvalue weighted by Crippen LogP contribution is 2.46. The largest absolute Gasteiger partial charge is 0.386 e. The summed E-state index contributed by atoms with van der Waals surface area (Å²) >= 11 is 0. The quantitative estimate of drug-likeness (QED) is 0.665. The summed E-state index contributed by atoms with van der Waals surface area (Å²) in [5.41, 5.74) is 6.51. The van der Waals surface area contributed by atoms with Crippen molar-refractivity contribution in [1.29, 1.82) is 5.26 Å². The van der Waals surface area contributed by atoms with Crippen LogP contribution in [-0.2, 0) is 21.7 Å². The van der Waals surface area contributed by atoms with Crippen molar-refractivity contribution in [3.63, 3.8) is 0 Å². The standard InChI is InChI=1S/C24H27FN6O2S/c1-14-10-15(12-26)13-28-20(14)18(32)11-16-7-8-17(25)21(30-16)24(4)19-6-5-9-29-34(19,33)23(2,3)22(27)31-24/h7-8,10,13,19H,5-6,9,11H2,1-4H3,(H2,27,31)/t19-,24-,34-/m0/s1. The van der Waals surface area contributed by atoms with Crippen LogP contribution in [0.3, 0.4) is 0 Å². The number of fused-ring (bicyclic) bond motifs is 1. The smallest absolute Gasteiger partial charge is 0.187 e. The highest BCUT2D eigenvalue weighted by molar-refractivity contribution is 7.96. The fraction of sp³-hybridized carbons (Fsp3) is 0.458. The Balaban J connectivity index is 1.77. The monoisotopic (exact) mass is 482 g/mol. The maximum atomic E-state index is 15.2. The van der Waals surface area contributed by atoms with Crippen LogP contribution in [0.25, 0.3) is 0 Å². The molecule has 34 heavy (non-hydrogen) atoms. The van der Waals surface area contributed by atoms with Crippen LogP contribution in [0.15, 0.2) is 33.8 Å². The molecule has 10 heteroatoms. The summed E-state index contributed by atoms with van der Waals surface area (Å²) in [4.78, 5) is 26.2. The number of nitriles is 1. The van der Waals surface area contributed by atoms with Gasteiger partial charge in [0.05, 0.1) is 27.0 Å². The first-order chi connectivity index (χ1) is 15.9. The van der Waals surface area contributed by atoms with E-state index >= 15 is 4.39 Å². The minimum atomic E-state index is -2.86. The Morgan fingerprint density at radius 3 is 2.76 bits per heavy atom. The summed E-state index contributed by atoms with van der Waals surface area (Å²) < 4.78 is 32.9. The molecule has 4 heterocycles. The Morgan fingerprint density at radius 1 is 1.35 bits per heavy atom. The van der Waals surface area contributed by atoms with Crippen LogP contribution in [0.2, 0.25) is 0 Å². The molecule has 4 rings (SSSR count). The number of nitrogens with zero attached hydrogens (tertiary/aromatic N) is 5. The number of rotatable bonds is 4. The number of Topliss-reactive ketones (excluding diaryl/α,β-unsaturated/α-hetero) is 1. The van der Waals surface area contributed by atoms with Gasteiger partial charge in [-0.3, -0.25) is 19.8 Å². The average Bonchev–Trinajstić information content (AvgIpc) is 2.79. The summed E-state index contributed by atoms with van der Waals surface area (Å²) in [6.07, 6.45) is 2.50. The van der Waals surface area contributed by atoms with Gasteiger partial charge in [0.25, 0.3) is 0 Å². The molecule has 0 radical (unpaired) electrons. The molecule has 0 aromatic carbocycles. The zero-order valence-electron chi connectivity index (χ0n) is 19.6. The molecule has 8 nitrogen and oxygen atoms in total. The molecule has 0 bridgehead atoms. The number of carbonyl (C=O) groups is 1. The first-order valence-corrected chi connectivity index (χ1v) is 12.6. The van der Waals surface area contributed by atoms with E-state index in [1.165, 1.54) is 18.3 Å². The van der Waals surface area contributed by atoms with Crippen LogP contribution in [0, 0.1) is 24.1 Å². The molecule has 2 aliphatic heterocycles. The number of carbonyl (C=O) groups excluding carboxylic acids is 1. The first kappa shape index (κ1) is 24.0. The van der Waals surface area contributed by atoms with Gasteiger partial charge in [0, 0.05) is 18.4 Å². The molecule has 2 N–H and O–H groups in total. The Labute approximate surface area is 198 Å². The molecule has 178 valence electrons. The average molecular weight is 483 g/mol. The fourth-order valence-corrected chi connectivity index (χ4v) is 7.99. The predicted octanol–water partition coefficient (Wildman–Crippen LogP) is 3.22. The second-order valence-electron chi connectivity index (χ2n) is 9.44. The highest BCUT2D eigenvalue weighted by Gasteiger charge is 2.56. The van der Waals surface area contributed by atoms with E-state index in [0.29, 0.717) is 36.2 Å². The minimum absolute atomic E-state index is 0.00980. The third-order valence-electron chi connectivity index (χ3n) is 6.82. The number of aryl methyl sites for hydroxylation is 1. The molecule has 2 aliphatic rings. The van der Waals surface area contributed by atoms with Gasteiger partial charge in [-0.05, 0) is 64.3 Å². The van der Waals surface area contributed by atoms with Crippen LogP contribution in [0.5, 0.6) is 0 Å². The molecular weight excluding hydrogens is 455 g/mol. The zero-order valence-corrected chi connectivity index (χ0v) is 20.4. The van der Waals surface area contributed by atoms with Gasteiger partial charge in [-0.1, -0.05) is 0 Å². The van der Waals surface area contributed by atoms with Crippen molar-refractivity contribution >= 4 is 21.3 Å². The molecule has 2 aromatic heterocycles. The van der Waals surface area contributed by atoms with Gasteiger partial charge < -0.3 is 5.73 Å². The Kier molecular flexibility index (Phi) is 5.80. The number of ketones is 1. The number of aromatic nitrogens is 2. The maximum absolute atomic E-state index is 15.2. The number of aliphatic imine (C=N–C) groups is 1. The number of hydrogen-bond acceptors (Lipinski definition) is 8. The molecule has 3 atom stereocenters. The lowest BCUT2D eigenvalue weighted by Gasteiger charge is -2.47. The van der Waals surface area contributed by atoms with Crippen molar-refractivity contribution in [3.05, 3.63) is 58.4 Å². The van der Waals surface area contributed by atoms with Crippen molar-refractivity contribution in [2.24, 2.45) is 15.1 Å². The highest BCUT2D eigenvalue weighted by atomic mass is 32.2. The van der Waals surface area contributed by atoms with Gasteiger partial charge in [0.15, 0.2) is 5.78 Å². The Bertz CT molecular complexity index is 1390. The molecule has 0 fully saturated rings. The molecule has 2 aromatic rings. The molecular formula is C24H27FN6O2S. The van der Waals surface area contributed by atoms with Gasteiger partial charge in [0.1, 0.15) is 39.4 Å². The van der Waals surface area contributed by atoms with E-state index in [0.717, 1.165) is 0 Å². The number of amidine groups is 1. The number of halogens is 1. The molecule has 0 aliphatic carbocycles. The Hall–Kier alpha value is -3.19. The third kappa shape index (κ3) is 3.59. The summed E-state index contributed by atoms with van der Waals surface area (Å²) in [7, 11) is -2.86. The molecule has 0 saturated heterocycles. The van der Waals surface area contributed by atoms with E-state index in [1.807, 2.05) is 6.07 Å². The van der Waals surface area contributed by atoms with Crippen LogP contribution >= 0.6 is 0 Å². The van der Waals surface area contributed by atoms with Crippen molar-refractivity contribution in [3.8, 4) is 6.07 Å². The third-order valence-corrected chi connectivity index (χ3v) is 10.5. The summed E-state index contributed by atoms with van der Waals surface area (Å²) in [6.45, 7) is 7.39. The summed E-state index contributed by atoms with van der Waals surface area (Å²) in [6, 6.07) is 6.28. The first-order valence-electron chi connectivity index (χ1n) is 11.1. The fourth-order valence-electron chi connectivity index (χ4n) is 4.76. The SMILES string of the molecule is Cc1cc(C#N)cnc1C(=O)Cc1ccc(F)c([C@@]2(C)N=C(N)C(C)(C)[S@]3(=O)=NCCC[C@@H]23)n1. The molecule has 0 spiro atoms. The molecule has 0 saturated carbocycles. The lowest BCUT2D eigenvalue weighted by Crippen LogP contribution is -2.60. The molecule has 0 amide bonds. The van der Waals surface area contributed by atoms with E-state index in [4.69, 9.17) is 11.0 Å². The number of pyridine rings is 2.